The third-order valence-corrected chi connectivity index (χ3v) is 2.38. The van der Waals surface area contributed by atoms with Crippen molar-refractivity contribution in [1.29, 1.82) is 0 Å². The molecule has 96 valence electrons. The van der Waals surface area contributed by atoms with Crippen molar-refractivity contribution < 1.29 is 10.2 Å². The van der Waals surface area contributed by atoms with Crippen molar-refractivity contribution in [2.45, 2.75) is 74.0 Å². The maximum absolute atomic E-state index is 8.94. The van der Waals surface area contributed by atoms with Crippen LogP contribution in [0.15, 0.2) is 0 Å². The van der Waals surface area contributed by atoms with Crippen molar-refractivity contribution in [3.63, 3.8) is 0 Å². The minimum Gasteiger partial charge on any atom is -0.393 e. The van der Waals surface area contributed by atoms with Gasteiger partial charge in [-0.3, -0.25) is 0 Å². The molecule has 0 aliphatic rings. The Morgan fingerprint density at radius 3 is 0.933 bits per heavy atom. The summed E-state index contributed by atoms with van der Waals surface area (Å²) in [4.78, 5) is 0. The van der Waals surface area contributed by atoms with Crippen molar-refractivity contribution in [1.82, 2.24) is 0 Å². The zero-order valence-electron chi connectivity index (χ0n) is 10.6. The predicted molar refractivity (Wildman–Crippen MR) is 69.0 cm³/mol. The van der Waals surface area contributed by atoms with Gasteiger partial charge in [0.05, 0.1) is 12.2 Å². The molecule has 0 bridgehead atoms. The van der Waals surface area contributed by atoms with Crippen LogP contribution in [0, 0.1) is 11.8 Å². The van der Waals surface area contributed by atoms with Gasteiger partial charge in [-0.15, -0.1) is 0 Å². The van der Waals surface area contributed by atoms with Crippen molar-refractivity contribution in [2.24, 2.45) is 11.8 Å². The standard InChI is InChI=1S/2C6H14O.CH4/c2*1-4-6(7)5(2)3;/h2*5-7H,4H2,1-3H3;1H4. The molecule has 0 radical (unpaired) electrons. The third-order valence-electron chi connectivity index (χ3n) is 2.38. The minimum absolute atomic E-state index is 0. The molecule has 2 atom stereocenters. The monoisotopic (exact) mass is 220 g/mol. The highest BCUT2D eigenvalue weighted by Crippen LogP contribution is 2.03. The van der Waals surface area contributed by atoms with Gasteiger partial charge in [-0.2, -0.15) is 0 Å². The molecule has 2 N–H and O–H groups in total. The van der Waals surface area contributed by atoms with Crippen LogP contribution in [0.4, 0.5) is 0 Å². The van der Waals surface area contributed by atoms with E-state index in [0.29, 0.717) is 11.8 Å². The molecule has 0 fully saturated rings. The highest BCUT2D eigenvalue weighted by molar-refractivity contribution is 4.55. The van der Waals surface area contributed by atoms with Crippen molar-refractivity contribution >= 4 is 0 Å². The molecule has 0 aromatic carbocycles. The second-order valence-corrected chi connectivity index (χ2v) is 4.44. The fraction of sp³-hybridized carbons (Fsp3) is 1.00. The van der Waals surface area contributed by atoms with Crippen LogP contribution in [0.1, 0.15) is 61.8 Å². The molecule has 2 unspecified atom stereocenters. The van der Waals surface area contributed by atoms with E-state index in [9.17, 15) is 0 Å². The van der Waals surface area contributed by atoms with Gasteiger partial charge in [0, 0.05) is 0 Å². The van der Waals surface area contributed by atoms with E-state index in [2.05, 4.69) is 0 Å². The van der Waals surface area contributed by atoms with E-state index < -0.39 is 0 Å². The van der Waals surface area contributed by atoms with Gasteiger partial charge in [0.25, 0.3) is 0 Å². The highest BCUT2D eigenvalue weighted by Gasteiger charge is 2.03. The molecular formula is C13H32O2. The molecule has 2 heteroatoms. The summed E-state index contributed by atoms with van der Waals surface area (Å²) in [6, 6.07) is 0. The molecule has 0 aromatic heterocycles. The van der Waals surface area contributed by atoms with Crippen molar-refractivity contribution in [3.05, 3.63) is 0 Å². The van der Waals surface area contributed by atoms with Gasteiger partial charge >= 0.3 is 0 Å². The van der Waals surface area contributed by atoms with E-state index in [1.807, 2.05) is 41.5 Å². The molecule has 0 aliphatic carbocycles. The Morgan fingerprint density at radius 1 is 0.733 bits per heavy atom. The largest absolute Gasteiger partial charge is 0.393 e. The summed E-state index contributed by atoms with van der Waals surface area (Å²) >= 11 is 0. The van der Waals surface area contributed by atoms with E-state index in [4.69, 9.17) is 10.2 Å². The van der Waals surface area contributed by atoms with Gasteiger partial charge in [-0.1, -0.05) is 49.0 Å². The maximum Gasteiger partial charge on any atom is 0.0560 e. The number of rotatable bonds is 4. The van der Waals surface area contributed by atoms with Crippen molar-refractivity contribution in [3.8, 4) is 0 Å². The second-order valence-electron chi connectivity index (χ2n) is 4.44. The fourth-order valence-corrected chi connectivity index (χ4v) is 0.943. The molecule has 15 heavy (non-hydrogen) atoms. The minimum atomic E-state index is -0.0972. The van der Waals surface area contributed by atoms with Gasteiger partial charge in [0.2, 0.25) is 0 Å². The van der Waals surface area contributed by atoms with Gasteiger partial charge in [-0.25, -0.2) is 0 Å². The van der Waals surface area contributed by atoms with Crippen LogP contribution >= 0.6 is 0 Å². The van der Waals surface area contributed by atoms with Gasteiger partial charge < -0.3 is 10.2 Å². The van der Waals surface area contributed by atoms with Crippen LogP contribution in [-0.4, -0.2) is 22.4 Å². The average Bonchev–Trinajstić information content (AvgIpc) is 2.15. The van der Waals surface area contributed by atoms with E-state index >= 15 is 0 Å². The summed E-state index contributed by atoms with van der Waals surface area (Å²) in [5.41, 5.74) is 0. The third kappa shape index (κ3) is 13.9. The molecule has 0 spiro atoms. The first-order valence-corrected chi connectivity index (χ1v) is 5.72. The Hall–Kier alpha value is -0.0800. The van der Waals surface area contributed by atoms with Crippen LogP contribution in [0.2, 0.25) is 0 Å². The molecule has 0 aliphatic heterocycles. The molecule has 0 amide bonds. The first-order valence-electron chi connectivity index (χ1n) is 5.72. The highest BCUT2D eigenvalue weighted by atomic mass is 16.3. The number of hydrogen-bond acceptors (Lipinski definition) is 2. The maximum atomic E-state index is 8.94. The van der Waals surface area contributed by atoms with E-state index in [0.717, 1.165) is 12.8 Å². The topological polar surface area (TPSA) is 40.5 Å². The van der Waals surface area contributed by atoms with Gasteiger partial charge in [-0.05, 0) is 24.7 Å². The Morgan fingerprint density at radius 2 is 0.933 bits per heavy atom. The Balaban J connectivity index is -0.000000180. The Labute approximate surface area is 96.7 Å². The van der Waals surface area contributed by atoms with E-state index in [1.54, 1.807) is 0 Å². The van der Waals surface area contributed by atoms with Crippen LogP contribution in [0.3, 0.4) is 0 Å². The lowest BCUT2D eigenvalue weighted by molar-refractivity contribution is 0.121. The molecule has 2 nitrogen and oxygen atoms in total. The summed E-state index contributed by atoms with van der Waals surface area (Å²) in [6.07, 6.45) is 1.55. The fourth-order valence-electron chi connectivity index (χ4n) is 0.943. The molecule has 0 saturated carbocycles. The zero-order chi connectivity index (χ0) is 11.7. The van der Waals surface area contributed by atoms with Gasteiger partial charge in [0.1, 0.15) is 0 Å². The summed E-state index contributed by atoms with van der Waals surface area (Å²) in [5.74, 6) is 0.843. The number of aliphatic hydroxyl groups is 2. The van der Waals surface area contributed by atoms with Crippen LogP contribution < -0.4 is 0 Å². The summed E-state index contributed by atoms with van der Waals surface area (Å²) in [5, 5.41) is 17.9. The summed E-state index contributed by atoms with van der Waals surface area (Å²) in [7, 11) is 0. The Kier molecular flexibility index (Phi) is 16.3. The molecule has 0 rings (SSSR count). The van der Waals surface area contributed by atoms with E-state index in [1.165, 1.54) is 0 Å². The van der Waals surface area contributed by atoms with Gasteiger partial charge in [0.15, 0.2) is 0 Å². The van der Waals surface area contributed by atoms with Crippen LogP contribution in [0.25, 0.3) is 0 Å². The van der Waals surface area contributed by atoms with Crippen LogP contribution in [0.5, 0.6) is 0 Å². The first-order chi connectivity index (χ1) is 6.36. The van der Waals surface area contributed by atoms with E-state index in [-0.39, 0.29) is 19.6 Å². The summed E-state index contributed by atoms with van der Waals surface area (Å²) < 4.78 is 0. The lowest BCUT2D eigenvalue weighted by Gasteiger charge is -2.09. The zero-order valence-corrected chi connectivity index (χ0v) is 10.6. The molecular weight excluding hydrogens is 188 g/mol. The SMILES string of the molecule is C.CCC(O)C(C)C.CCC(O)C(C)C. The first kappa shape index (κ1) is 20.3. The van der Waals surface area contributed by atoms with Crippen molar-refractivity contribution in [2.75, 3.05) is 0 Å². The summed E-state index contributed by atoms with van der Waals surface area (Å²) in [6.45, 7) is 12.1. The number of hydrogen-bond donors (Lipinski definition) is 2. The molecule has 0 aromatic rings. The second kappa shape index (κ2) is 12.0. The van der Waals surface area contributed by atoms with Crippen LogP contribution in [-0.2, 0) is 0 Å². The lowest BCUT2D eigenvalue weighted by Crippen LogP contribution is -2.11. The quantitative estimate of drug-likeness (QED) is 0.761. The molecule has 0 saturated heterocycles. The average molecular weight is 220 g/mol. The molecule has 0 heterocycles. The Bertz CT molecular complexity index is 97.1. The lowest BCUT2D eigenvalue weighted by atomic mass is 10.1. The number of aliphatic hydroxyl groups excluding tert-OH is 2. The smallest absolute Gasteiger partial charge is 0.0560 e. The normalized spacial score (nSPS) is 14.0. The predicted octanol–water partition coefficient (Wildman–Crippen LogP) is 3.46.